The minimum absolute atomic E-state index is 0.336. The summed E-state index contributed by atoms with van der Waals surface area (Å²) in [4.78, 5) is 4.31. The van der Waals surface area contributed by atoms with E-state index in [-0.39, 0.29) is 0 Å². The van der Waals surface area contributed by atoms with E-state index < -0.39 is 0 Å². The molecule has 1 aliphatic rings. The molecule has 1 fully saturated rings. The third-order valence-corrected chi connectivity index (χ3v) is 3.40. The van der Waals surface area contributed by atoms with Gasteiger partial charge in [-0.3, -0.25) is 0 Å². The maximum atomic E-state index is 5.56. The lowest BCUT2D eigenvalue weighted by molar-refractivity contribution is 0.128. The highest BCUT2D eigenvalue weighted by atomic mass is 16.3. The summed E-state index contributed by atoms with van der Waals surface area (Å²) in [6.45, 7) is 7.52. The molecule has 2 aromatic rings. The van der Waals surface area contributed by atoms with Gasteiger partial charge in [0.25, 0.3) is 0 Å². The molecule has 3 rings (SSSR count). The van der Waals surface area contributed by atoms with Crippen LogP contribution < -0.4 is 5.32 Å². The number of hydrogen-bond donors (Lipinski definition) is 1. The van der Waals surface area contributed by atoms with E-state index in [9.17, 15) is 0 Å². The lowest BCUT2D eigenvalue weighted by atomic mass is 9.74. The Morgan fingerprint density at radius 3 is 2.88 bits per heavy atom. The van der Waals surface area contributed by atoms with Gasteiger partial charge >= 0.3 is 0 Å². The molecule has 0 saturated carbocycles. The van der Waals surface area contributed by atoms with Gasteiger partial charge < -0.3 is 9.73 Å². The van der Waals surface area contributed by atoms with Gasteiger partial charge in [0.2, 0.25) is 0 Å². The molecular formula is C13H16N2O. The minimum atomic E-state index is 0.336. The number of nitrogens with zero attached hydrogens (tertiary/aromatic N) is 1. The summed E-state index contributed by atoms with van der Waals surface area (Å²) in [6.07, 6.45) is 0. The van der Waals surface area contributed by atoms with Crippen molar-refractivity contribution in [3.8, 4) is 0 Å². The average molecular weight is 216 g/mol. The van der Waals surface area contributed by atoms with Crippen LogP contribution in [0.2, 0.25) is 0 Å². The molecule has 0 aliphatic carbocycles. The third kappa shape index (κ3) is 1.35. The Bertz CT molecular complexity index is 542. The normalized spacial score (nSPS) is 23.3. The first kappa shape index (κ1) is 9.85. The Morgan fingerprint density at radius 1 is 1.44 bits per heavy atom. The highest BCUT2D eigenvalue weighted by molar-refractivity contribution is 5.73. The molecule has 1 aromatic carbocycles. The molecule has 1 aliphatic heterocycles. The fraction of sp³-hybridized carbons (Fsp3) is 0.462. The fourth-order valence-electron chi connectivity index (χ4n) is 2.42. The van der Waals surface area contributed by atoms with Crippen molar-refractivity contribution in [2.24, 2.45) is 5.41 Å². The Morgan fingerprint density at radius 2 is 2.25 bits per heavy atom. The van der Waals surface area contributed by atoms with Gasteiger partial charge in [-0.05, 0) is 23.1 Å². The lowest BCUT2D eigenvalue weighted by Crippen LogP contribution is -2.52. The van der Waals surface area contributed by atoms with Crippen LogP contribution in [0.25, 0.3) is 11.1 Å². The molecule has 1 unspecified atom stereocenters. The maximum Gasteiger partial charge on any atom is 0.192 e. The monoisotopic (exact) mass is 216 g/mol. The summed E-state index contributed by atoms with van der Waals surface area (Å²) in [5, 5.41) is 3.46. The zero-order chi connectivity index (χ0) is 11.3. The maximum absolute atomic E-state index is 5.56. The molecule has 0 spiro atoms. The quantitative estimate of drug-likeness (QED) is 0.796. The topological polar surface area (TPSA) is 38.1 Å². The van der Waals surface area contributed by atoms with Crippen LogP contribution in [0, 0.1) is 12.3 Å². The molecule has 3 heteroatoms. The van der Waals surface area contributed by atoms with Gasteiger partial charge in [0.05, 0.1) is 0 Å². The van der Waals surface area contributed by atoms with Gasteiger partial charge in [-0.2, -0.15) is 0 Å². The van der Waals surface area contributed by atoms with Crippen LogP contribution in [0.4, 0.5) is 0 Å². The number of aromatic nitrogens is 1. The van der Waals surface area contributed by atoms with Gasteiger partial charge in [-0.15, -0.1) is 0 Å². The Balaban J connectivity index is 2.05. The van der Waals surface area contributed by atoms with Gasteiger partial charge in [0, 0.05) is 19.5 Å². The lowest BCUT2D eigenvalue weighted by Gasteiger charge is -2.46. The van der Waals surface area contributed by atoms with Crippen molar-refractivity contribution >= 4 is 11.1 Å². The Hall–Kier alpha value is -1.35. The van der Waals surface area contributed by atoms with Crippen LogP contribution in [0.3, 0.4) is 0 Å². The second kappa shape index (κ2) is 3.08. The number of fused-ring (bicyclic) bond motifs is 1. The van der Waals surface area contributed by atoms with Gasteiger partial charge in [-0.1, -0.05) is 19.9 Å². The van der Waals surface area contributed by atoms with E-state index in [1.165, 1.54) is 5.56 Å². The first-order valence-corrected chi connectivity index (χ1v) is 5.67. The van der Waals surface area contributed by atoms with Gasteiger partial charge in [-0.25, -0.2) is 4.98 Å². The summed E-state index contributed by atoms with van der Waals surface area (Å²) in [6, 6.07) is 6.72. The molecule has 1 atom stereocenters. The molecule has 0 bridgehead atoms. The van der Waals surface area contributed by atoms with Gasteiger partial charge in [0.15, 0.2) is 11.5 Å². The molecule has 0 radical (unpaired) electrons. The number of oxazole rings is 1. The minimum Gasteiger partial charge on any atom is -0.441 e. The summed E-state index contributed by atoms with van der Waals surface area (Å²) >= 11 is 0. The first-order chi connectivity index (χ1) is 7.56. The number of aryl methyl sites for hydroxylation is 1. The van der Waals surface area contributed by atoms with Crippen LogP contribution in [0.1, 0.15) is 31.3 Å². The van der Waals surface area contributed by atoms with Crippen molar-refractivity contribution in [1.29, 1.82) is 0 Å². The third-order valence-electron chi connectivity index (χ3n) is 3.40. The van der Waals surface area contributed by atoms with Crippen LogP contribution in [-0.2, 0) is 0 Å². The summed E-state index contributed by atoms with van der Waals surface area (Å²) < 4.78 is 5.56. The second-order valence-electron chi connectivity index (χ2n) is 5.26. The van der Waals surface area contributed by atoms with Crippen molar-refractivity contribution in [1.82, 2.24) is 10.3 Å². The molecule has 16 heavy (non-hydrogen) atoms. The van der Waals surface area contributed by atoms with Crippen LogP contribution in [0.5, 0.6) is 0 Å². The SMILES string of the molecule is Cc1nc2ccc(C3NCC3(C)C)cc2o1. The van der Waals surface area contributed by atoms with Crippen LogP contribution in [0.15, 0.2) is 22.6 Å². The molecule has 1 aromatic heterocycles. The van der Waals surface area contributed by atoms with E-state index in [0.29, 0.717) is 11.5 Å². The smallest absolute Gasteiger partial charge is 0.192 e. The molecular weight excluding hydrogens is 200 g/mol. The van der Waals surface area contributed by atoms with Crippen LogP contribution in [-0.4, -0.2) is 11.5 Å². The predicted molar refractivity (Wildman–Crippen MR) is 63.3 cm³/mol. The molecule has 84 valence electrons. The van der Waals surface area contributed by atoms with E-state index in [1.807, 2.05) is 13.0 Å². The highest BCUT2D eigenvalue weighted by Gasteiger charge is 2.39. The predicted octanol–water partition coefficient (Wildman–Crippen LogP) is 2.81. The van der Waals surface area contributed by atoms with Gasteiger partial charge in [0.1, 0.15) is 5.52 Å². The fourth-order valence-corrected chi connectivity index (χ4v) is 2.42. The molecule has 1 N–H and O–H groups in total. The summed E-state index contributed by atoms with van der Waals surface area (Å²) in [5.41, 5.74) is 3.46. The van der Waals surface area contributed by atoms with E-state index in [4.69, 9.17) is 4.42 Å². The molecule has 2 heterocycles. The zero-order valence-corrected chi connectivity index (χ0v) is 9.87. The van der Waals surface area contributed by atoms with Crippen molar-refractivity contribution in [3.63, 3.8) is 0 Å². The van der Waals surface area contributed by atoms with E-state index in [2.05, 4.69) is 36.3 Å². The number of benzene rings is 1. The summed E-state index contributed by atoms with van der Waals surface area (Å²) in [5.74, 6) is 0.730. The number of hydrogen-bond acceptors (Lipinski definition) is 3. The standard InChI is InChI=1S/C13H16N2O/c1-8-15-10-5-4-9(6-11(10)16-8)12-13(2,3)7-14-12/h4-6,12,14H,7H2,1-3H3. The Labute approximate surface area is 94.9 Å². The van der Waals surface area contributed by atoms with Crippen molar-refractivity contribution in [2.45, 2.75) is 26.8 Å². The van der Waals surface area contributed by atoms with E-state index in [1.54, 1.807) is 0 Å². The molecule has 1 saturated heterocycles. The van der Waals surface area contributed by atoms with Crippen molar-refractivity contribution < 1.29 is 4.42 Å². The molecule has 0 amide bonds. The first-order valence-electron chi connectivity index (χ1n) is 5.67. The van der Waals surface area contributed by atoms with E-state index in [0.717, 1.165) is 23.5 Å². The van der Waals surface area contributed by atoms with Crippen LogP contribution >= 0.6 is 0 Å². The number of rotatable bonds is 1. The van der Waals surface area contributed by atoms with Crippen molar-refractivity contribution in [3.05, 3.63) is 29.7 Å². The largest absolute Gasteiger partial charge is 0.441 e. The summed E-state index contributed by atoms with van der Waals surface area (Å²) in [7, 11) is 0. The van der Waals surface area contributed by atoms with E-state index >= 15 is 0 Å². The Kier molecular flexibility index (Phi) is 1.89. The molecule has 3 nitrogen and oxygen atoms in total. The number of nitrogens with one attached hydrogen (secondary N) is 1. The zero-order valence-electron chi connectivity index (χ0n) is 9.87. The average Bonchev–Trinajstić information content (AvgIpc) is 2.56. The van der Waals surface area contributed by atoms with Crippen molar-refractivity contribution in [2.75, 3.05) is 6.54 Å². The second-order valence-corrected chi connectivity index (χ2v) is 5.26. The highest BCUT2D eigenvalue weighted by Crippen LogP contribution is 2.40.